The highest BCUT2D eigenvalue weighted by atomic mass is 16.3. The molecule has 0 aliphatic heterocycles. The van der Waals surface area contributed by atoms with Gasteiger partial charge >= 0.3 is 0 Å². The lowest BCUT2D eigenvalue weighted by Gasteiger charge is -2.40. The lowest BCUT2D eigenvalue weighted by atomic mass is 9.63. The summed E-state index contributed by atoms with van der Waals surface area (Å²) in [5.41, 5.74) is 12.9. The van der Waals surface area contributed by atoms with E-state index in [2.05, 4.69) is 146 Å². The lowest BCUT2D eigenvalue weighted by Crippen LogP contribution is -2.33. The Morgan fingerprint density at radius 3 is 2.24 bits per heavy atom. The van der Waals surface area contributed by atoms with Gasteiger partial charge in [-0.05, 0) is 112 Å². The molecule has 2 aromatic heterocycles. The second-order valence-corrected chi connectivity index (χ2v) is 12.9. The minimum atomic E-state index is -0.183. The standard InChI is InChI=1S/C42H33NO2/c1-27-13-18-34-37-24-36-35(28-14-16-33(17-15-28)43(31-9-5-3-6-10-31)32-11-7-4-8-12-32)22-30-23-39-29(19-20-44-39)26-42(30,2)38(36)25-41(37)45-40(34)21-27/h3-20,22-25,27H,21,26H2,1-2H3. The highest BCUT2D eigenvalue weighted by Crippen LogP contribution is 2.51. The molecule has 0 radical (unpaired) electrons. The molecule has 3 aliphatic rings. The fourth-order valence-electron chi connectivity index (χ4n) is 7.57. The van der Waals surface area contributed by atoms with E-state index in [1.165, 1.54) is 44.3 Å². The van der Waals surface area contributed by atoms with Crippen molar-refractivity contribution in [1.29, 1.82) is 0 Å². The second-order valence-electron chi connectivity index (χ2n) is 12.9. The first-order valence-electron chi connectivity index (χ1n) is 15.8. The van der Waals surface area contributed by atoms with Crippen LogP contribution in [0.15, 0.2) is 136 Å². The Kier molecular flexibility index (Phi) is 5.73. The summed E-state index contributed by atoms with van der Waals surface area (Å²) in [5.74, 6) is 2.55. The first kappa shape index (κ1) is 26.2. The summed E-state index contributed by atoms with van der Waals surface area (Å²) in [7, 11) is 0. The van der Waals surface area contributed by atoms with Crippen LogP contribution in [0.4, 0.5) is 17.1 Å². The Bertz CT molecular complexity index is 2140. The van der Waals surface area contributed by atoms with E-state index in [-0.39, 0.29) is 5.41 Å². The molecule has 0 saturated heterocycles. The highest BCUT2D eigenvalue weighted by Gasteiger charge is 2.41. The number of nitrogens with zero attached hydrogens (tertiary/aromatic N) is 1. The third-order valence-electron chi connectivity index (χ3n) is 9.94. The zero-order valence-electron chi connectivity index (χ0n) is 25.5. The van der Waals surface area contributed by atoms with Crippen molar-refractivity contribution in [3.05, 3.63) is 166 Å². The van der Waals surface area contributed by atoms with E-state index in [0.29, 0.717) is 5.92 Å². The van der Waals surface area contributed by atoms with Gasteiger partial charge < -0.3 is 13.7 Å². The summed E-state index contributed by atoms with van der Waals surface area (Å²) < 4.78 is 12.5. The van der Waals surface area contributed by atoms with Crippen molar-refractivity contribution in [2.75, 3.05) is 4.90 Å². The summed E-state index contributed by atoms with van der Waals surface area (Å²) in [6.07, 6.45) is 12.9. The Morgan fingerprint density at radius 2 is 1.51 bits per heavy atom. The number of fused-ring (bicyclic) bond motifs is 7. The van der Waals surface area contributed by atoms with Gasteiger partial charge in [0.2, 0.25) is 0 Å². The normalized spacial score (nSPS) is 19.6. The van der Waals surface area contributed by atoms with E-state index in [4.69, 9.17) is 8.83 Å². The molecule has 0 bridgehead atoms. The topological polar surface area (TPSA) is 29.5 Å². The Morgan fingerprint density at radius 1 is 0.800 bits per heavy atom. The fraction of sp³-hybridized carbons (Fsp3) is 0.143. The smallest absolute Gasteiger partial charge is 0.135 e. The summed E-state index contributed by atoms with van der Waals surface area (Å²) in [4.78, 5) is 2.31. The van der Waals surface area contributed by atoms with Crippen LogP contribution in [-0.4, -0.2) is 0 Å². The van der Waals surface area contributed by atoms with Crippen LogP contribution in [0.25, 0.3) is 28.7 Å². The minimum Gasteiger partial charge on any atom is -0.465 e. The molecule has 2 atom stereocenters. The van der Waals surface area contributed by atoms with Gasteiger partial charge in [0.1, 0.15) is 17.1 Å². The summed E-state index contributed by atoms with van der Waals surface area (Å²) in [6.45, 7) is 4.62. The third kappa shape index (κ3) is 4.11. The van der Waals surface area contributed by atoms with Crippen molar-refractivity contribution in [1.82, 2.24) is 0 Å². The quantitative estimate of drug-likeness (QED) is 0.207. The van der Waals surface area contributed by atoms with Gasteiger partial charge in [-0.3, -0.25) is 0 Å². The summed E-state index contributed by atoms with van der Waals surface area (Å²) in [6, 6.07) is 37.0. The SMILES string of the molecule is CC1C=Cc2c(oc3cc4c(cc23)C(c2ccc(N(c3ccccc3)c3ccccc3)cc2)=CC2=Cc3occc3CC24C)C1. The molecule has 0 N–H and O–H groups in total. The van der Waals surface area contributed by atoms with Crippen LogP contribution in [0.1, 0.15) is 53.2 Å². The molecule has 4 aromatic carbocycles. The van der Waals surface area contributed by atoms with Gasteiger partial charge in [-0.2, -0.15) is 0 Å². The van der Waals surface area contributed by atoms with Gasteiger partial charge in [0.15, 0.2) is 0 Å². The second kappa shape index (κ2) is 9.87. The first-order chi connectivity index (χ1) is 22.0. The molecular formula is C42H33NO2. The van der Waals surface area contributed by atoms with E-state index >= 15 is 0 Å². The van der Waals surface area contributed by atoms with Gasteiger partial charge in [-0.25, -0.2) is 0 Å². The molecule has 0 amide bonds. The fourth-order valence-corrected chi connectivity index (χ4v) is 7.57. The number of rotatable bonds is 4. The average Bonchev–Trinajstić information content (AvgIpc) is 3.67. The van der Waals surface area contributed by atoms with Crippen molar-refractivity contribution in [3.8, 4) is 0 Å². The first-order valence-corrected chi connectivity index (χ1v) is 15.8. The van der Waals surface area contributed by atoms with Crippen molar-refractivity contribution in [3.63, 3.8) is 0 Å². The van der Waals surface area contributed by atoms with Crippen molar-refractivity contribution >= 4 is 45.8 Å². The van der Waals surface area contributed by atoms with Crippen LogP contribution in [0.5, 0.6) is 0 Å². The van der Waals surface area contributed by atoms with Crippen molar-refractivity contribution in [2.24, 2.45) is 5.92 Å². The van der Waals surface area contributed by atoms with Crippen LogP contribution < -0.4 is 4.90 Å². The van der Waals surface area contributed by atoms with Gasteiger partial charge in [0.25, 0.3) is 0 Å². The number of anilines is 3. The molecule has 0 saturated carbocycles. The van der Waals surface area contributed by atoms with Gasteiger partial charge in [-0.15, -0.1) is 0 Å². The van der Waals surface area contributed by atoms with Crippen molar-refractivity contribution < 1.29 is 8.83 Å². The van der Waals surface area contributed by atoms with Crippen LogP contribution in [0, 0.1) is 5.92 Å². The van der Waals surface area contributed by atoms with Crippen LogP contribution in [0.2, 0.25) is 0 Å². The van der Waals surface area contributed by atoms with Crippen LogP contribution >= 0.6 is 0 Å². The Labute approximate surface area is 263 Å². The average molecular weight is 584 g/mol. The lowest BCUT2D eigenvalue weighted by molar-refractivity contribution is 0.506. The number of allylic oxidation sites excluding steroid dienone is 3. The molecule has 9 rings (SSSR count). The van der Waals surface area contributed by atoms with Crippen LogP contribution in [0.3, 0.4) is 0 Å². The van der Waals surface area contributed by atoms with Gasteiger partial charge in [0.05, 0.1) is 6.26 Å². The number of benzene rings is 4. The molecule has 45 heavy (non-hydrogen) atoms. The molecule has 2 heterocycles. The molecule has 3 nitrogen and oxygen atoms in total. The molecule has 3 aliphatic carbocycles. The maximum atomic E-state index is 6.56. The summed E-state index contributed by atoms with van der Waals surface area (Å²) in [5, 5.41) is 1.20. The van der Waals surface area contributed by atoms with Crippen molar-refractivity contribution in [2.45, 2.75) is 32.1 Å². The van der Waals surface area contributed by atoms with E-state index in [0.717, 1.165) is 47.0 Å². The number of para-hydroxylation sites is 2. The number of hydrogen-bond donors (Lipinski definition) is 0. The third-order valence-corrected chi connectivity index (χ3v) is 9.94. The largest absolute Gasteiger partial charge is 0.465 e. The Balaban J connectivity index is 1.21. The van der Waals surface area contributed by atoms with E-state index in [1.54, 1.807) is 0 Å². The summed E-state index contributed by atoms with van der Waals surface area (Å²) >= 11 is 0. The molecule has 218 valence electrons. The Hall–Kier alpha value is -5.28. The molecule has 6 aromatic rings. The maximum absolute atomic E-state index is 6.56. The minimum absolute atomic E-state index is 0.183. The predicted molar refractivity (Wildman–Crippen MR) is 184 cm³/mol. The molecular weight excluding hydrogens is 550 g/mol. The molecule has 2 unspecified atom stereocenters. The van der Waals surface area contributed by atoms with Crippen LogP contribution in [-0.2, 0) is 18.3 Å². The maximum Gasteiger partial charge on any atom is 0.135 e. The number of hydrogen-bond acceptors (Lipinski definition) is 3. The van der Waals surface area contributed by atoms with E-state index < -0.39 is 0 Å². The number of furan rings is 2. The predicted octanol–water partition coefficient (Wildman–Crippen LogP) is 11.0. The van der Waals surface area contributed by atoms with E-state index in [1.807, 2.05) is 6.26 Å². The highest BCUT2D eigenvalue weighted by molar-refractivity contribution is 5.98. The van der Waals surface area contributed by atoms with Gasteiger partial charge in [0, 0.05) is 39.8 Å². The van der Waals surface area contributed by atoms with E-state index in [9.17, 15) is 0 Å². The molecule has 0 spiro atoms. The van der Waals surface area contributed by atoms with Gasteiger partial charge in [-0.1, -0.05) is 74.5 Å². The monoisotopic (exact) mass is 583 g/mol. The zero-order chi connectivity index (χ0) is 30.1. The molecule has 3 heteroatoms. The zero-order valence-corrected chi connectivity index (χ0v) is 25.5. The molecule has 0 fully saturated rings.